The van der Waals surface area contributed by atoms with Crippen LogP contribution < -0.4 is 4.74 Å². The summed E-state index contributed by atoms with van der Waals surface area (Å²) < 4.78 is 5.20. The average molecular weight is 165 g/mol. The SMILES string of the molecule is COc1ccc(C)nc1C(C)C. The summed E-state index contributed by atoms with van der Waals surface area (Å²) in [7, 11) is 1.68. The van der Waals surface area contributed by atoms with E-state index < -0.39 is 0 Å². The van der Waals surface area contributed by atoms with Crippen molar-refractivity contribution >= 4 is 0 Å². The standard InChI is InChI=1S/C10H15NO/c1-7(2)10-9(12-4)6-5-8(3)11-10/h5-7H,1-4H3. The van der Waals surface area contributed by atoms with Crippen LogP contribution in [0, 0.1) is 6.92 Å². The van der Waals surface area contributed by atoms with Gasteiger partial charge in [-0.15, -0.1) is 0 Å². The molecule has 66 valence electrons. The minimum absolute atomic E-state index is 0.417. The summed E-state index contributed by atoms with van der Waals surface area (Å²) in [5.74, 6) is 1.30. The van der Waals surface area contributed by atoms with E-state index in [0.717, 1.165) is 17.1 Å². The van der Waals surface area contributed by atoms with Crippen molar-refractivity contribution in [3.8, 4) is 5.75 Å². The zero-order valence-corrected chi connectivity index (χ0v) is 8.09. The molecule has 1 aromatic rings. The first-order chi connectivity index (χ1) is 5.65. The normalized spacial score (nSPS) is 10.4. The summed E-state index contributed by atoms with van der Waals surface area (Å²) in [5.41, 5.74) is 2.08. The molecule has 1 heterocycles. The van der Waals surface area contributed by atoms with Crippen LogP contribution in [0.4, 0.5) is 0 Å². The molecular formula is C10H15NO. The first kappa shape index (κ1) is 9.04. The second kappa shape index (κ2) is 3.57. The third-order valence-electron chi connectivity index (χ3n) is 1.79. The number of nitrogens with zero attached hydrogens (tertiary/aromatic N) is 1. The highest BCUT2D eigenvalue weighted by molar-refractivity contribution is 5.31. The van der Waals surface area contributed by atoms with Crippen LogP contribution >= 0.6 is 0 Å². The number of hydrogen-bond acceptors (Lipinski definition) is 2. The third-order valence-corrected chi connectivity index (χ3v) is 1.79. The van der Waals surface area contributed by atoms with Gasteiger partial charge in [0, 0.05) is 5.69 Å². The lowest BCUT2D eigenvalue weighted by atomic mass is 10.1. The van der Waals surface area contributed by atoms with Crippen LogP contribution in [0.3, 0.4) is 0 Å². The molecule has 0 aromatic carbocycles. The molecule has 0 bridgehead atoms. The summed E-state index contributed by atoms with van der Waals surface area (Å²) in [6, 6.07) is 3.93. The highest BCUT2D eigenvalue weighted by Gasteiger charge is 2.07. The Kier molecular flexibility index (Phi) is 2.69. The molecule has 0 aliphatic rings. The van der Waals surface area contributed by atoms with Crippen LogP contribution in [0.2, 0.25) is 0 Å². The smallest absolute Gasteiger partial charge is 0.140 e. The van der Waals surface area contributed by atoms with Crippen molar-refractivity contribution in [1.29, 1.82) is 0 Å². The minimum Gasteiger partial charge on any atom is -0.495 e. The first-order valence-electron chi connectivity index (χ1n) is 4.16. The van der Waals surface area contributed by atoms with Gasteiger partial charge < -0.3 is 4.74 Å². The van der Waals surface area contributed by atoms with Gasteiger partial charge in [-0.05, 0) is 25.0 Å². The van der Waals surface area contributed by atoms with Gasteiger partial charge in [0.05, 0.1) is 12.8 Å². The average Bonchev–Trinajstić information content (AvgIpc) is 2.04. The molecule has 2 nitrogen and oxygen atoms in total. The van der Waals surface area contributed by atoms with Crippen LogP contribution in [0.1, 0.15) is 31.2 Å². The zero-order chi connectivity index (χ0) is 9.14. The van der Waals surface area contributed by atoms with E-state index in [9.17, 15) is 0 Å². The van der Waals surface area contributed by atoms with Gasteiger partial charge in [0.25, 0.3) is 0 Å². The number of hydrogen-bond donors (Lipinski definition) is 0. The Morgan fingerprint density at radius 3 is 2.50 bits per heavy atom. The number of aryl methyl sites for hydroxylation is 1. The predicted octanol–water partition coefficient (Wildman–Crippen LogP) is 2.52. The van der Waals surface area contributed by atoms with Crippen LogP contribution in [0.5, 0.6) is 5.75 Å². The predicted molar refractivity (Wildman–Crippen MR) is 49.6 cm³/mol. The molecule has 0 atom stereocenters. The fourth-order valence-corrected chi connectivity index (χ4v) is 1.15. The topological polar surface area (TPSA) is 22.1 Å². The van der Waals surface area contributed by atoms with Crippen molar-refractivity contribution in [2.75, 3.05) is 7.11 Å². The Hall–Kier alpha value is -1.05. The van der Waals surface area contributed by atoms with Gasteiger partial charge in [-0.2, -0.15) is 0 Å². The Balaban J connectivity index is 3.12. The number of rotatable bonds is 2. The van der Waals surface area contributed by atoms with Crippen LogP contribution in [-0.2, 0) is 0 Å². The Labute approximate surface area is 73.6 Å². The van der Waals surface area contributed by atoms with E-state index >= 15 is 0 Å². The van der Waals surface area contributed by atoms with E-state index in [1.807, 2.05) is 19.1 Å². The minimum atomic E-state index is 0.417. The van der Waals surface area contributed by atoms with Crippen molar-refractivity contribution in [3.05, 3.63) is 23.5 Å². The van der Waals surface area contributed by atoms with Gasteiger partial charge in [0.2, 0.25) is 0 Å². The summed E-state index contributed by atoms with van der Waals surface area (Å²) >= 11 is 0. The lowest BCUT2D eigenvalue weighted by Crippen LogP contribution is -1.98. The van der Waals surface area contributed by atoms with E-state index in [0.29, 0.717) is 5.92 Å². The lowest BCUT2D eigenvalue weighted by Gasteiger charge is -2.10. The van der Waals surface area contributed by atoms with Gasteiger partial charge in [-0.25, -0.2) is 0 Å². The van der Waals surface area contributed by atoms with Gasteiger partial charge in [0.1, 0.15) is 5.75 Å². The number of pyridine rings is 1. The van der Waals surface area contributed by atoms with E-state index in [4.69, 9.17) is 4.74 Å². The van der Waals surface area contributed by atoms with E-state index in [-0.39, 0.29) is 0 Å². The lowest BCUT2D eigenvalue weighted by molar-refractivity contribution is 0.404. The molecule has 2 heteroatoms. The zero-order valence-electron chi connectivity index (χ0n) is 8.09. The van der Waals surface area contributed by atoms with Crippen molar-refractivity contribution in [2.24, 2.45) is 0 Å². The Morgan fingerprint density at radius 2 is 2.00 bits per heavy atom. The van der Waals surface area contributed by atoms with Crippen LogP contribution in [-0.4, -0.2) is 12.1 Å². The molecule has 0 aliphatic carbocycles. The summed E-state index contributed by atoms with van der Waals surface area (Å²) in [6.07, 6.45) is 0. The monoisotopic (exact) mass is 165 g/mol. The van der Waals surface area contributed by atoms with E-state index in [2.05, 4.69) is 18.8 Å². The van der Waals surface area contributed by atoms with Crippen molar-refractivity contribution in [1.82, 2.24) is 4.98 Å². The summed E-state index contributed by atoms with van der Waals surface area (Å²) in [6.45, 7) is 6.22. The maximum Gasteiger partial charge on any atom is 0.140 e. The molecule has 0 spiro atoms. The summed E-state index contributed by atoms with van der Waals surface area (Å²) in [5, 5.41) is 0. The molecule has 0 unspecified atom stereocenters. The molecule has 12 heavy (non-hydrogen) atoms. The fourth-order valence-electron chi connectivity index (χ4n) is 1.15. The van der Waals surface area contributed by atoms with Crippen LogP contribution in [0.15, 0.2) is 12.1 Å². The van der Waals surface area contributed by atoms with Gasteiger partial charge in [0.15, 0.2) is 0 Å². The molecular weight excluding hydrogens is 150 g/mol. The highest BCUT2D eigenvalue weighted by atomic mass is 16.5. The quantitative estimate of drug-likeness (QED) is 0.671. The maximum absolute atomic E-state index is 5.20. The van der Waals surface area contributed by atoms with Gasteiger partial charge in [-0.3, -0.25) is 4.98 Å². The number of ether oxygens (including phenoxy) is 1. The Bertz CT molecular complexity index is 269. The molecule has 1 aromatic heterocycles. The molecule has 0 amide bonds. The van der Waals surface area contributed by atoms with E-state index in [1.165, 1.54) is 0 Å². The molecule has 1 rings (SSSR count). The maximum atomic E-state index is 5.20. The van der Waals surface area contributed by atoms with Crippen molar-refractivity contribution < 1.29 is 4.74 Å². The number of aromatic nitrogens is 1. The second-order valence-corrected chi connectivity index (χ2v) is 3.19. The highest BCUT2D eigenvalue weighted by Crippen LogP contribution is 2.23. The van der Waals surface area contributed by atoms with E-state index in [1.54, 1.807) is 7.11 Å². The third kappa shape index (κ3) is 1.76. The summed E-state index contributed by atoms with van der Waals surface area (Å²) in [4.78, 5) is 4.42. The Morgan fingerprint density at radius 1 is 1.33 bits per heavy atom. The fraction of sp³-hybridized carbons (Fsp3) is 0.500. The van der Waals surface area contributed by atoms with Gasteiger partial charge >= 0.3 is 0 Å². The molecule has 0 saturated carbocycles. The molecule has 0 aliphatic heterocycles. The molecule has 0 saturated heterocycles. The first-order valence-corrected chi connectivity index (χ1v) is 4.16. The van der Waals surface area contributed by atoms with Gasteiger partial charge in [-0.1, -0.05) is 13.8 Å². The van der Waals surface area contributed by atoms with Crippen molar-refractivity contribution in [2.45, 2.75) is 26.7 Å². The number of methoxy groups -OCH3 is 1. The molecule has 0 N–H and O–H groups in total. The largest absolute Gasteiger partial charge is 0.495 e. The molecule has 0 fully saturated rings. The van der Waals surface area contributed by atoms with Crippen LogP contribution in [0.25, 0.3) is 0 Å². The molecule has 0 radical (unpaired) electrons. The second-order valence-electron chi connectivity index (χ2n) is 3.19. The van der Waals surface area contributed by atoms with Crippen molar-refractivity contribution in [3.63, 3.8) is 0 Å².